The molecule has 1 aromatic heterocycles. The van der Waals surface area contributed by atoms with Crippen LogP contribution in [0.1, 0.15) is 23.7 Å². The molecule has 2 rings (SSSR count). The number of anilines is 1. The number of aryl methyl sites for hydroxylation is 3. The molecule has 0 bridgehead atoms. The number of hydrogen-bond donors (Lipinski definition) is 1. The maximum Gasteiger partial charge on any atom is 0.266 e. The van der Waals surface area contributed by atoms with Crippen LogP contribution in [0.25, 0.3) is 0 Å². The molecule has 0 aliphatic heterocycles. The molecule has 0 unspecified atom stereocenters. The van der Waals surface area contributed by atoms with Crippen molar-refractivity contribution in [2.45, 2.75) is 33.8 Å². The first-order chi connectivity index (χ1) is 9.88. The monoisotopic (exact) mass is 309 g/mol. The molecule has 0 aliphatic rings. The molecule has 0 radical (unpaired) electrons. The third kappa shape index (κ3) is 3.52. The van der Waals surface area contributed by atoms with E-state index in [2.05, 4.69) is 20.3 Å². The van der Waals surface area contributed by atoms with E-state index < -0.39 is 6.10 Å². The number of ether oxygens (including phenoxy) is 1. The summed E-state index contributed by atoms with van der Waals surface area (Å²) in [6, 6.07) is 3.59. The summed E-state index contributed by atoms with van der Waals surface area (Å²) in [5, 5.41) is 10.5. The molecule has 1 N–H and O–H groups in total. The molecule has 1 aromatic carbocycles. The van der Waals surface area contributed by atoms with Crippen LogP contribution < -0.4 is 10.1 Å². The molecule has 0 spiro atoms. The predicted molar refractivity (Wildman–Crippen MR) is 78.7 cm³/mol. The average Bonchev–Trinajstić information content (AvgIpc) is 2.81. The molecule has 112 valence electrons. The lowest BCUT2D eigenvalue weighted by Crippen LogP contribution is -2.30. The predicted octanol–water partition coefficient (Wildman–Crippen LogP) is 3.05. The maximum absolute atomic E-state index is 12.0. The summed E-state index contributed by atoms with van der Waals surface area (Å²) in [6.07, 6.45) is -0.693. The highest BCUT2D eigenvalue weighted by Crippen LogP contribution is 2.26. The Hall–Kier alpha value is -2.08. The number of carbonyl (C=O) groups is 1. The minimum Gasteiger partial charge on any atom is -0.481 e. The SMILES string of the molecule is Cc1cc(O[C@@H](C)C(=O)Nc2nonc2C)cc(C)c1Cl. The number of halogens is 1. The van der Waals surface area contributed by atoms with Crippen molar-refractivity contribution in [3.63, 3.8) is 0 Å². The maximum atomic E-state index is 12.0. The van der Waals surface area contributed by atoms with E-state index in [0.717, 1.165) is 11.1 Å². The van der Waals surface area contributed by atoms with Crippen LogP contribution >= 0.6 is 11.6 Å². The van der Waals surface area contributed by atoms with Gasteiger partial charge in [-0.25, -0.2) is 4.63 Å². The number of benzene rings is 1. The first-order valence-corrected chi connectivity index (χ1v) is 6.79. The Morgan fingerprint density at radius 2 is 1.90 bits per heavy atom. The highest BCUT2D eigenvalue weighted by atomic mass is 35.5. The Labute approximate surface area is 127 Å². The van der Waals surface area contributed by atoms with Crippen LogP contribution in [0.4, 0.5) is 5.82 Å². The van der Waals surface area contributed by atoms with Gasteiger partial charge in [0.15, 0.2) is 11.9 Å². The van der Waals surface area contributed by atoms with Gasteiger partial charge in [-0.1, -0.05) is 16.8 Å². The zero-order valence-electron chi connectivity index (χ0n) is 12.2. The minimum absolute atomic E-state index is 0.291. The van der Waals surface area contributed by atoms with Crippen LogP contribution in [-0.2, 0) is 4.79 Å². The van der Waals surface area contributed by atoms with E-state index in [0.29, 0.717) is 22.3 Å². The van der Waals surface area contributed by atoms with E-state index >= 15 is 0 Å². The van der Waals surface area contributed by atoms with E-state index in [4.69, 9.17) is 16.3 Å². The molecular formula is C14H16ClN3O3. The quantitative estimate of drug-likeness (QED) is 0.939. The molecule has 6 nitrogen and oxygen atoms in total. The van der Waals surface area contributed by atoms with Crippen molar-refractivity contribution in [3.05, 3.63) is 34.0 Å². The van der Waals surface area contributed by atoms with Gasteiger partial charge in [0, 0.05) is 5.02 Å². The highest BCUT2D eigenvalue weighted by Gasteiger charge is 2.18. The van der Waals surface area contributed by atoms with Gasteiger partial charge in [0.2, 0.25) is 0 Å². The van der Waals surface area contributed by atoms with Gasteiger partial charge in [-0.15, -0.1) is 0 Å². The Kier molecular flexibility index (Phi) is 4.47. The number of aromatic nitrogens is 2. The van der Waals surface area contributed by atoms with E-state index in [-0.39, 0.29) is 5.91 Å². The summed E-state index contributed by atoms with van der Waals surface area (Å²) >= 11 is 6.10. The number of rotatable bonds is 4. The van der Waals surface area contributed by atoms with Gasteiger partial charge in [-0.2, -0.15) is 0 Å². The van der Waals surface area contributed by atoms with Crippen molar-refractivity contribution in [1.29, 1.82) is 0 Å². The highest BCUT2D eigenvalue weighted by molar-refractivity contribution is 6.32. The van der Waals surface area contributed by atoms with Crippen LogP contribution in [0.5, 0.6) is 5.75 Å². The number of carbonyl (C=O) groups excluding carboxylic acids is 1. The molecule has 0 saturated heterocycles. The number of amides is 1. The van der Waals surface area contributed by atoms with E-state index in [1.165, 1.54) is 0 Å². The van der Waals surface area contributed by atoms with Crippen molar-refractivity contribution in [1.82, 2.24) is 10.3 Å². The Morgan fingerprint density at radius 1 is 1.29 bits per heavy atom. The molecule has 0 aliphatic carbocycles. The van der Waals surface area contributed by atoms with E-state index in [9.17, 15) is 4.79 Å². The second-order valence-corrected chi connectivity index (χ2v) is 5.20. The summed E-state index contributed by atoms with van der Waals surface area (Å²) in [7, 11) is 0. The second kappa shape index (κ2) is 6.13. The Balaban J connectivity index is 2.06. The third-order valence-corrected chi connectivity index (χ3v) is 3.58. The molecule has 21 heavy (non-hydrogen) atoms. The number of hydrogen-bond acceptors (Lipinski definition) is 5. The topological polar surface area (TPSA) is 77.2 Å². The third-order valence-electron chi connectivity index (χ3n) is 2.99. The van der Waals surface area contributed by atoms with Crippen LogP contribution in [0.3, 0.4) is 0 Å². The van der Waals surface area contributed by atoms with Crippen molar-refractivity contribution in [2.24, 2.45) is 0 Å². The van der Waals surface area contributed by atoms with E-state index in [1.807, 2.05) is 13.8 Å². The number of nitrogens with one attached hydrogen (secondary N) is 1. The summed E-state index contributed by atoms with van der Waals surface area (Å²) in [5.74, 6) is 0.546. The van der Waals surface area contributed by atoms with Gasteiger partial charge in [0.1, 0.15) is 11.4 Å². The molecule has 1 amide bonds. The molecule has 0 saturated carbocycles. The fourth-order valence-corrected chi connectivity index (χ4v) is 1.90. The fourth-order valence-electron chi connectivity index (χ4n) is 1.80. The molecule has 0 fully saturated rings. The molecular weight excluding hydrogens is 294 g/mol. The van der Waals surface area contributed by atoms with Crippen molar-refractivity contribution < 1.29 is 14.2 Å². The van der Waals surface area contributed by atoms with Gasteiger partial charge in [-0.3, -0.25) is 4.79 Å². The van der Waals surface area contributed by atoms with Crippen molar-refractivity contribution in [3.8, 4) is 5.75 Å². The van der Waals surface area contributed by atoms with E-state index in [1.54, 1.807) is 26.0 Å². The van der Waals surface area contributed by atoms with Gasteiger partial charge >= 0.3 is 0 Å². The van der Waals surface area contributed by atoms with Gasteiger partial charge in [-0.05, 0) is 56.1 Å². The first kappa shape index (κ1) is 15.3. The first-order valence-electron chi connectivity index (χ1n) is 6.42. The van der Waals surface area contributed by atoms with Gasteiger partial charge < -0.3 is 10.1 Å². The Bertz CT molecular complexity index is 646. The lowest BCUT2D eigenvalue weighted by molar-refractivity contribution is -0.122. The summed E-state index contributed by atoms with van der Waals surface area (Å²) in [5.41, 5.74) is 2.31. The lowest BCUT2D eigenvalue weighted by Gasteiger charge is -2.15. The summed E-state index contributed by atoms with van der Waals surface area (Å²) in [4.78, 5) is 12.0. The van der Waals surface area contributed by atoms with Crippen molar-refractivity contribution >= 4 is 23.3 Å². The standard InChI is InChI=1S/C14H16ClN3O3/c1-7-5-11(6-8(2)12(7)15)20-10(4)14(19)16-13-9(3)17-21-18-13/h5-6,10H,1-4H3,(H,16,18,19)/t10-/m0/s1. The average molecular weight is 310 g/mol. The lowest BCUT2D eigenvalue weighted by atomic mass is 10.1. The second-order valence-electron chi connectivity index (χ2n) is 4.82. The zero-order valence-corrected chi connectivity index (χ0v) is 13.0. The Morgan fingerprint density at radius 3 is 2.43 bits per heavy atom. The van der Waals surface area contributed by atoms with Gasteiger partial charge in [0.05, 0.1) is 0 Å². The summed E-state index contributed by atoms with van der Waals surface area (Å²) < 4.78 is 10.2. The minimum atomic E-state index is -0.693. The van der Waals surface area contributed by atoms with Crippen LogP contribution in [0.2, 0.25) is 5.02 Å². The van der Waals surface area contributed by atoms with Crippen LogP contribution in [-0.4, -0.2) is 22.3 Å². The van der Waals surface area contributed by atoms with Crippen molar-refractivity contribution in [2.75, 3.05) is 5.32 Å². The largest absolute Gasteiger partial charge is 0.481 e. The zero-order chi connectivity index (χ0) is 15.6. The number of nitrogens with zero attached hydrogens (tertiary/aromatic N) is 2. The molecule has 1 heterocycles. The van der Waals surface area contributed by atoms with Crippen LogP contribution in [0.15, 0.2) is 16.8 Å². The summed E-state index contributed by atoms with van der Waals surface area (Å²) in [6.45, 7) is 7.11. The normalized spacial score (nSPS) is 12.0. The van der Waals surface area contributed by atoms with Crippen LogP contribution in [0, 0.1) is 20.8 Å². The molecule has 1 atom stereocenters. The smallest absolute Gasteiger partial charge is 0.266 e. The fraction of sp³-hybridized carbons (Fsp3) is 0.357. The molecule has 2 aromatic rings. The molecule has 7 heteroatoms. The van der Waals surface area contributed by atoms with Gasteiger partial charge in [0.25, 0.3) is 5.91 Å².